The third kappa shape index (κ3) is 38.4. The molecule has 0 amide bonds. The van der Waals surface area contributed by atoms with Crippen LogP contribution < -0.4 is 0 Å². The maximum absolute atomic E-state index is 4.69. The van der Waals surface area contributed by atoms with Gasteiger partial charge in [-0.2, -0.15) is 0 Å². The zero-order chi connectivity index (χ0) is 17.4. The van der Waals surface area contributed by atoms with Gasteiger partial charge in [-0.05, 0) is 10.8 Å². The molecule has 21 heavy (non-hydrogen) atoms. The topological polar surface area (TPSA) is 26.0 Å². The van der Waals surface area contributed by atoms with Gasteiger partial charge in [0.15, 0.2) is 0 Å². The largest absolute Gasteiger partial charge is 0.364 e. The monoisotopic (exact) mass is 376 g/mol. The van der Waals surface area contributed by atoms with Gasteiger partial charge in [-0.3, -0.25) is 0 Å². The average Bonchev–Trinajstić information content (AvgIpc) is 2.88. The van der Waals surface area contributed by atoms with Gasteiger partial charge in [0.25, 0.3) is 0 Å². The van der Waals surface area contributed by atoms with E-state index in [1.807, 2.05) is 41.5 Å². The first-order valence-electron chi connectivity index (χ1n) is 8.00. The SMILES string of the molecule is CC.CC.CC.CC(C)(C)C.CC(C)(C)c1cnoc1.[Y]. The van der Waals surface area contributed by atoms with Crippen molar-refractivity contribution in [2.75, 3.05) is 0 Å². The summed E-state index contributed by atoms with van der Waals surface area (Å²) < 4.78 is 4.69. The fraction of sp³-hybridized carbons (Fsp3) is 0.833. The van der Waals surface area contributed by atoms with E-state index < -0.39 is 0 Å². The second kappa shape index (κ2) is 20.3. The molecule has 0 bridgehead atoms. The molecule has 0 aliphatic rings. The van der Waals surface area contributed by atoms with Crippen LogP contribution in [0.3, 0.4) is 0 Å². The van der Waals surface area contributed by atoms with Gasteiger partial charge in [-0.1, -0.05) is 95.2 Å². The van der Waals surface area contributed by atoms with Crippen molar-refractivity contribution in [3.05, 3.63) is 18.0 Å². The van der Waals surface area contributed by atoms with Gasteiger partial charge in [0.1, 0.15) is 6.26 Å². The molecule has 0 aliphatic carbocycles. The first kappa shape index (κ1) is 33.0. The maximum atomic E-state index is 4.69. The molecule has 0 fully saturated rings. The first-order chi connectivity index (χ1) is 9.11. The summed E-state index contributed by atoms with van der Waals surface area (Å²) in [5, 5.41) is 3.61. The van der Waals surface area contributed by atoms with Crippen molar-refractivity contribution < 1.29 is 37.2 Å². The van der Waals surface area contributed by atoms with E-state index in [4.69, 9.17) is 4.52 Å². The van der Waals surface area contributed by atoms with Gasteiger partial charge in [0.05, 0.1) is 6.20 Å². The Morgan fingerprint density at radius 1 is 0.762 bits per heavy atom. The van der Waals surface area contributed by atoms with E-state index in [0.717, 1.165) is 5.56 Å². The van der Waals surface area contributed by atoms with E-state index in [1.165, 1.54) is 0 Å². The summed E-state index contributed by atoms with van der Waals surface area (Å²) in [4.78, 5) is 0. The summed E-state index contributed by atoms with van der Waals surface area (Å²) in [5.41, 5.74) is 1.81. The summed E-state index contributed by atoms with van der Waals surface area (Å²) in [7, 11) is 0. The van der Waals surface area contributed by atoms with Crippen LogP contribution in [0.5, 0.6) is 0 Å². The molecule has 0 N–H and O–H groups in total. The van der Waals surface area contributed by atoms with Gasteiger partial charge in [-0.15, -0.1) is 0 Å². The number of hydrogen-bond donors (Lipinski definition) is 0. The van der Waals surface area contributed by atoms with Crippen molar-refractivity contribution in [2.24, 2.45) is 5.41 Å². The van der Waals surface area contributed by atoms with E-state index >= 15 is 0 Å². The van der Waals surface area contributed by atoms with Crippen molar-refractivity contribution in [2.45, 2.75) is 95.4 Å². The maximum Gasteiger partial charge on any atom is 0.127 e. The van der Waals surface area contributed by atoms with Crippen LogP contribution in [0.2, 0.25) is 0 Å². The Labute approximate surface area is 160 Å². The molecule has 1 radical (unpaired) electrons. The van der Waals surface area contributed by atoms with E-state index in [1.54, 1.807) is 12.5 Å². The van der Waals surface area contributed by atoms with Crippen LogP contribution in [0.15, 0.2) is 17.0 Å². The summed E-state index contributed by atoms with van der Waals surface area (Å²) in [6, 6.07) is 0. The summed E-state index contributed by atoms with van der Waals surface area (Å²) >= 11 is 0. The summed E-state index contributed by atoms with van der Waals surface area (Å²) in [6.45, 7) is 27.1. The van der Waals surface area contributed by atoms with Gasteiger partial charge < -0.3 is 4.52 Å². The molecule has 127 valence electrons. The molecule has 0 aliphatic heterocycles. The first-order valence-corrected chi connectivity index (χ1v) is 8.00. The molecule has 0 spiro atoms. The van der Waals surface area contributed by atoms with Crippen LogP contribution in [-0.4, -0.2) is 5.16 Å². The molecule has 1 aromatic rings. The molecular formula is C18H41NOY. The Hall–Kier alpha value is 0.314. The summed E-state index contributed by atoms with van der Waals surface area (Å²) in [6.07, 6.45) is 3.43. The van der Waals surface area contributed by atoms with Crippen molar-refractivity contribution in [3.63, 3.8) is 0 Å². The Morgan fingerprint density at radius 2 is 1.05 bits per heavy atom. The standard InChI is InChI=1S/C7H11NO.C5H12.3C2H6.Y/c1-7(2,3)6-4-8-9-5-6;1-5(2,3)4;3*1-2;/h4-5H,1-3H3;1-4H3;3*1-2H3;. The van der Waals surface area contributed by atoms with E-state index in [0.29, 0.717) is 5.41 Å². The molecule has 1 heterocycles. The minimum Gasteiger partial charge on any atom is -0.364 e. The Morgan fingerprint density at radius 3 is 1.14 bits per heavy atom. The van der Waals surface area contributed by atoms with Crippen LogP contribution in [0.25, 0.3) is 0 Å². The zero-order valence-electron chi connectivity index (χ0n) is 17.1. The molecule has 0 saturated carbocycles. The second-order valence-electron chi connectivity index (χ2n) is 6.16. The fourth-order valence-corrected chi connectivity index (χ4v) is 0.575. The molecule has 1 rings (SSSR count). The van der Waals surface area contributed by atoms with Gasteiger partial charge in [0, 0.05) is 38.3 Å². The molecule has 0 aromatic carbocycles. The van der Waals surface area contributed by atoms with Crippen LogP contribution >= 0.6 is 0 Å². The number of nitrogens with zero attached hydrogens (tertiary/aromatic N) is 1. The Bertz CT molecular complexity index is 237. The normalized spacial score (nSPS) is 8.81. The third-order valence-electron chi connectivity index (χ3n) is 1.30. The van der Waals surface area contributed by atoms with Crippen molar-refractivity contribution in [1.82, 2.24) is 5.16 Å². The van der Waals surface area contributed by atoms with Gasteiger partial charge in [0.2, 0.25) is 0 Å². The molecule has 3 heteroatoms. The van der Waals surface area contributed by atoms with Crippen LogP contribution in [0.4, 0.5) is 0 Å². The third-order valence-corrected chi connectivity index (χ3v) is 1.30. The predicted octanol–water partition coefficient (Wildman–Crippen LogP) is 7.10. The minimum atomic E-state index is 0. The molecule has 1 aromatic heterocycles. The van der Waals surface area contributed by atoms with Gasteiger partial charge >= 0.3 is 0 Å². The molecule has 0 atom stereocenters. The van der Waals surface area contributed by atoms with E-state index in [-0.39, 0.29) is 38.1 Å². The quantitative estimate of drug-likeness (QED) is 0.482. The van der Waals surface area contributed by atoms with Crippen molar-refractivity contribution in [1.29, 1.82) is 0 Å². The number of rotatable bonds is 0. The zero-order valence-corrected chi connectivity index (χ0v) is 19.9. The van der Waals surface area contributed by atoms with Crippen LogP contribution in [-0.2, 0) is 38.1 Å². The minimum absolute atomic E-state index is 0. The summed E-state index contributed by atoms with van der Waals surface area (Å²) in [5.74, 6) is 0. The Kier molecular flexibility index (Phi) is 32.0. The second-order valence-corrected chi connectivity index (χ2v) is 6.16. The molecular weight excluding hydrogens is 335 g/mol. The number of hydrogen-bond acceptors (Lipinski definition) is 2. The average molecular weight is 376 g/mol. The van der Waals surface area contributed by atoms with E-state index in [2.05, 4.69) is 53.6 Å². The smallest absolute Gasteiger partial charge is 0.127 e. The molecule has 0 unspecified atom stereocenters. The van der Waals surface area contributed by atoms with Crippen LogP contribution in [0.1, 0.15) is 95.6 Å². The van der Waals surface area contributed by atoms with Crippen LogP contribution in [0, 0.1) is 5.41 Å². The molecule has 0 saturated heterocycles. The fourth-order valence-electron chi connectivity index (χ4n) is 0.575. The Balaban J connectivity index is -0.0000000618. The molecule has 2 nitrogen and oxygen atoms in total. The number of aromatic nitrogens is 1. The van der Waals surface area contributed by atoms with Crippen molar-refractivity contribution >= 4 is 0 Å². The van der Waals surface area contributed by atoms with Gasteiger partial charge in [-0.25, -0.2) is 0 Å². The predicted molar refractivity (Wildman–Crippen MR) is 94.4 cm³/mol. The van der Waals surface area contributed by atoms with Crippen molar-refractivity contribution in [3.8, 4) is 0 Å². The van der Waals surface area contributed by atoms with E-state index in [9.17, 15) is 0 Å².